The summed E-state index contributed by atoms with van der Waals surface area (Å²) in [5.41, 5.74) is 0. The highest BCUT2D eigenvalue weighted by Gasteiger charge is 2.20. The highest BCUT2D eigenvalue weighted by atomic mass is 35.5. The number of imide groups is 1. The largest absolute Gasteiger partial charge is 0.492 e. The number of carbonyl (C=O) groups is 2. The summed E-state index contributed by atoms with van der Waals surface area (Å²) in [5, 5.41) is 5.81. The number of hydrogen-bond acceptors (Lipinski definition) is 5. The first-order chi connectivity index (χ1) is 13.0. The number of rotatable bonds is 8. The van der Waals surface area contributed by atoms with Gasteiger partial charge < -0.3 is 10.1 Å². The van der Waals surface area contributed by atoms with Gasteiger partial charge in [-0.25, -0.2) is 4.79 Å². The zero-order chi connectivity index (χ0) is 19.6. The summed E-state index contributed by atoms with van der Waals surface area (Å²) in [6.07, 6.45) is 0.825. The van der Waals surface area contributed by atoms with E-state index in [4.69, 9.17) is 16.3 Å². The molecule has 1 aromatic carbocycles. The Balaban J connectivity index is 1.60. The van der Waals surface area contributed by atoms with Crippen molar-refractivity contribution in [2.75, 3.05) is 45.9 Å². The molecule has 2 N–H and O–H groups in total. The van der Waals surface area contributed by atoms with E-state index in [1.54, 1.807) is 0 Å². The molecular weight excluding hydrogens is 368 g/mol. The van der Waals surface area contributed by atoms with Crippen LogP contribution < -0.4 is 15.4 Å². The molecule has 0 aromatic heterocycles. The van der Waals surface area contributed by atoms with Crippen molar-refractivity contribution in [3.05, 3.63) is 29.3 Å². The lowest BCUT2D eigenvalue weighted by atomic mass is 10.3. The lowest BCUT2D eigenvalue weighted by molar-refractivity contribution is -0.121. The molecule has 0 spiro atoms. The van der Waals surface area contributed by atoms with Crippen molar-refractivity contribution < 1.29 is 14.3 Å². The standard InChI is InChI=1S/C19H29ClN4O3/c1-3-15(2)21-19(26)22-18(25)14-24-10-8-23(9-11-24)12-13-27-17-6-4-16(20)5-7-17/h4-7,15H,3,8-14H2,1-2H3,(H2,21,22,25,26)/t15-/m1/s1. The van der Waals surface area contributed by atoms with E-state index in [1.807, 2.05) is 38.1 Å². The van der Waals surface area contributed by atoms with Crippen molar-refractivity contribution >= 4 is 23.5 Å². The third kappa shape index (κ3) is 8.15. The van der Waals surface area contributed by atoms with Crippen LogP contribution in [0.25, 0.3) is 0 Å². The summed E-state index contributed by atoms with van der Waals surface area (Å²) >= 11 is 5.85. The number of nitrogens with one attached hydrogen (secondary N) is 2. The minimum Gasteiger partial charge on any atom is -0.492 e. The van der Waals surface area contributed by atoms with Gasteiger partial charge in [0.25, 0.3) is 0 Å². The maximum atomic E-state index is 12.0. The zero-order valence-corrected chi connectivity index (χ0v) is 16.8. The van der Waals surface area contributed by atoms with Gasteiger partial charge in [0.1, 0.15) is 12.4 Å². The first-order valence-corrected chi connectivity index (χ1v) is 9.77. The second-order valence-electron chi connectivity index (χ2n) is 6.75. The number of benzene rings is 1. The Morgan fingerprint density at radius 3 is 2.41 bits per heavy atom. The van der Waals surface area contributed by atoms with E-state index < -0.39 is 6.03 Å². The molecule has 1 aromatic rings. The molecule has 1 fully saturated rings. The molecule has 27 heavy (non-hydrogen) atoms. The van der Waals surface area contributed by atoms with E-state index in [-0.39, 0.29) is 18.5 Å². The van der Waals surface area contributed by atoms with Gasteiger partial charge in [-0.3, -0.25) is 19.9 Å². The van der Waals surface area contributed by atoms with Crippen molar-refractivity contribution in [2.45, 2.75) is 26.3 Å². The van der Waals surface area contributed by atoms with E-state index in [1.165, 1.54) is 0 Å². The fraction of sp³-hybridized carbons (Fsp3) is 0.579. The van der Waals surface area contributed by atoms with Crippen LogP contribution in [-0.2, 0) is 4.79 Å². The van der Waals surface area contributed by atoms with Gasteiger partial charge in [-0.1, -0.05) is 18.5 Å². The molecule has 1 heterocycles. The fourth-order valence-corrected chi connectivity index (χ4v) is 2.85. The molecule has 0 bridgehead atoms. The van der Waals surface area contributed by atoms with Crippen LogP contribution in [0.1, 0.15) is 20.3 Å². The van der Waals surface area contributed by atoms with Crippen LogP contribution in [0.5, 0.6) is 5.75 Å². The lowest BCUT2D eigenvalue weighted by Gasteiger charge is -2.34. The summed E-state index contributed by atoms with van der Waals surface area (Å²) in [5.74, 6) is 0.542. The molecule has 1 aliphatic rings. The number of ether oxygens (including phenoxy) is 1. The predicted octanol–water partition coefficient (Wildman–Crippen LogP) is 1.96. The third-order valence-corrected chi connectivity index (χ3v) is 4.82. The van der Waals surface area contributed by atoms with Crippen molar-refractivity contribution in [3.63, 3.8) is 0 Å². The molecule has 0 unspecified atom stereocenters. The minimum absolute atomic E-state index is 0.0523. The highest BCUT2D eigenvalue weighted by Crippen LogP contribution is 2.15. The summed E-state index contributed by atoms with van der Waals surface area (Å²) in [7, 11) is 0. The van der Waals surface area contributed by atoms with E-state index in [9.17, 15) is 9.59 Å². The van der Waals surface area contributed by atoms with Crippen LogP contribution in [-0.4, -0.2) is 73.7 Å². The summed E-state index contributed by atoms with van der Waals surface area (Å²) in [6.45, 7) is 8.89. The molecule has 0 saturated carbocycles. The van der Waals surface area contributed by atoms with Gasteiger partial charge in [0.15, 0.2) is 0 Å². The van der Waals surface area contributed by atoms with Crippen molar-refractivity contribution in [2.24, 2.45) is 0 Å². The Bertz CT molecular complexity index is 603. The molecule has 2 rings (SSSR count). The molecule has 0 radical (unpaired) electrons. The summed E-state index contributed by atoms with van der Waals surface area (Å²) in [4.78, 5) is 28.0. The topological polar surface area (TPSA) is 73.9 Å². The quantitative estimate of drug-likeness (QED) is 0.702. The van der Waals surface area contributed by atoms with Gasteiger partial charge in [-0.05, 0) is 37.6 Å². The minimum atomic E-state index is -0.424. The number of nitrogens with zero attached hydrogens (tertiary/aromatic N) is 2. The molecule has 0 aliphatic carbocycles. The maximum Gasteiger partial charge on any atom is 0.321 e. The number of urea groups is 1. The van der Waals surface area contributed by atoms with Crippen LogP contribution >= 0.6 is 11.6 Å². The smallest absolute Gasteiger partial charge is 0.321 e. The number of hydrogen-bond donors (Lipinski definition) is 2. The van der Waals surface area contributed by atoms with Crippen LogP contribution in [0, 0.1) is 0 Å². The highest BCUT2D eigenvalue weighted by molar-refractivity contribution is 6.30. The summed E-state index contributed by atoms with van der Waals surface area (Å²) in [6, 6.07) is 6.96. The van der Waals surface area contributed by atoms with Crippen molar-refractivity contribution in [1.82, 2.24) is 20.4 Å². The van der Waals surface area contributed by atoms with E-state index in [2.05, 4.69) is 20.4 Å². The lowest BCUT2D eigenvalue weighted by Crippen LogP contribution is -2.52. The molecule has 7 nitrogen and oxygen atoms in total. The number of piperazine rings is 1. The van der Waals surface area contributed by atoms with E-state index in [0.29, 0.717) is 11.6 Å². The first kappa shape index (κ1) is 21.5. The molecule has 1 saturated heterocycles. The molecule has 150 valence electrons. The molecule has 3 amide bonds. The second-order valence-corrected chi connectivity index (χ2v) is 7.19. The van der Waals surface area contributed by atoms with Gasteiger partial charge in [-0.2, -0.15) is 0 Å². The van der Waals surface area contributed by atoms with E-state index >= 15 is 0 Å². The monoisotopic (exact) mass is 396 g/mol. The Morgan fingerprint density at radius 2 is 1.78 bits per heavy atom. The normalized spacial score (nSPS) is 16.6. The SMILES string of the molecule is CC[C@@H](C)NC(=O)NC(=O)CN1CCN(CCOc2ccc(Cl)cc2)CC1. The van der Waals surface area contributed by atoms with Crippen LogP contribution in [0.15, 0.2) is 24.3 Å². The second kappa shape index (κ2) is 11.1. The van der Waals surface area contributed by atoms with Gasteiger partial charge in [0.05, 0.1) is 6.54 Å². The Hall–Kier alpha value is -1.83. The Kier molecular flexibility index (Phi) is 8.84. The van der Waals surface area contributed by atoms with Gasteiger partial charge in [0, 0.05) is 43.8 Å². The van der Waals surface area contributed by atoms with Crippen LogP contribution in [0.3, 0.4) is 0 Å². The average molecular weight is 397 g/mol. The van der Waals surface area contributed by atoms with Crippen LogP contribution in [0.2, 0.25) is 5.02 Å². The van der Waals surface area contributed by atoms with E-state index in [0.717, 1.165) is 44.9 Å². The van der Waals surface area contributed by atoms with Crippen molar-refractivity contribution in [3.8, 4) is 5.75 Å². The number of halogens is 1. The molecule has 8 heteroatoms. The van der Waals surface area contributed by atoms with Crippen LogP contribution in [0.4, 0.5) is 4.79 Å². The number of carbonyl (C=O) groups excluding carboxylic acids is 2. The molecule has 1 aliphatic heterocycles. The Labute approximate surface area is 166 Å². The van der Waals surface area contributed by atoms with Crippen molar-refractivity contribution in [1.29, 1.82) is 0 Å². The molecule has 1 atom stereocenters. The zero-order valence-electron chi connectivity index (χ0n) is 16.0. The Morgan fingerprint density at radius 1 is 1.15 bits per heavy atom. The molecular formula is C19H29ClN4O3. The predicted molar refractivity (Wildman–Crippen MR) is 106 cm³/mol. The van der Waals surface area contributed by atoms with Gasteiger partial charge in [0.2, 0.25) is 5.91 Å². The average Bonchev–Trinajstić information content (AvgIpc) is 2.64. The summed E-state index contributed by atoms with van der Waals surface area (Å²) < 4.78 is 5.72. The fourth-order valence-electron chi connectivity index (χ4n) is 2.73. The maximum absolute atomic E-state index is 12.0. The first-order valence-electron chi connectivity index (χ1n) is 9.39. The van der Waals surface area contributed by atoms with Gasteiger partial charge >= 0.3 is 6.03 Å². The van der Waals surface area contributed by atoms with Gasteiger partial charge in [-0.15, -0.1) is 0 Å². The number of amides is 3. The third-order valence-electron chi connectivity index (χ3n) is 4.56.